The van der Waals surface area contributed by atoms with Crippen LogP contribution in [0.25, 0.3) is 0 Å². The summed E-state index contributed by atoms with van der Waals surface area (Å²) in [5, 5.41) is 11.3. The van der Waals surface area contributed by atoms with Gasteiger partial charge in [0, 0.05) is 18.6 Å². The van der Waals surface area contributed by atoms with Crippen molar-refractivity contribution >= 4 is 6.09 Å². The first-order valence-electron chi connectivity index (χ1n) is 6.89. The first kappa shape index (κ1) is 13.9. The number of amides is 1. The number of hydrogen-bond donors (Lipinski definition) is 2. The molecule has 1 saturated carbocycles. The van der Waals surface area contributed by atoms with E-state index in [0.29, 0.717) is 6.04 Å². The molecule has 2 N–H and O–H groups in total. The van der Waals surface area contributed by atoms with E-state index in [1.165, 1.54) is 5.56 Å². The van der Waals surface area contributed by atoms with Gasteiger partial charge in [0.05, 0.1) is 0 Å². The maximum atomic E-state index is 10.6. The van der Waals surface area contributed by atoms with Crippen molar-refractivity contribution in [2.24, 2.45) is 0 Å². The molecule has 19 heavy (non-hydrogen) atoms. The molecule has 0 aliphatic heterocycles. The van der Waals surface area contributed by atoms with Gasteiger partial charge in [-0.1, -0.05) is 30.3 Å². The van der Waals surface area contributed by atoms with Gasteiger partial charge >= 0.3 is 6.09 Å². The van der Waals surface area contributed by atoms with Crippen molar-refractivity contribution in [2.75, 3.05) is 7.05 Å². The summed E-state index contributed by atoms with van der Waals surface area (Å²) in [4.78, 5) is 13.0. The minimum atomic E-state index is -0.902. The van der Waals surface area contributed by atoms with Crippen LogP contribution in [0.4, 0.5) is 4.79 Å². The molecule has 0 unspecified atom stereocenters. The van der Waals surface area contributed by atoms with E-state index in [1.807, 2.05) is 6.07 Å². The Balaban J connectivity index is 1.79. The Morgan fingerprint density at radius 1 is 1.26 bits per heavy atom. The minimum Gasteiger partial charge on any atom is -0.465 e. The van der Waals surface area contributed by atoms with Gasteiger partial charge in [0.15, 0.2) is 0 Å². The second-order valence-electron chi connectivity index (χ2n) is 5.36. The molecule has 0 heterocycles. The maximum absolute atomic E-state index is 10.6. The predicted octanol–water partition coefficient (Wildman–Crippen LogP) is 2.70. The van der Waals surface area contributed by atoms with Crippen molar-refractivity contribution in [1.82, 2.24) is 10.2 Å². The molecule has 1 aromatic carbocycles. The second kappa shape index (κ2) is 6.57. The molecule has 0 atom stereocenters. The average molecular weight is 262 g/mol. The number of carbonyl (C=O) groups is 1. The summed E-state index contributed by atoms with van der Waals surface area (Å²) >= 11 is 0. The zero-order valence-corrected chi connectivity index (χ0v) is 11.4. The third kappa shape index (κ3) is 4.24. The smallest absolute Gasteiger partial charge is 0.404 e. The summed E-state index contributed by atoms with van der Waals surface area (Å²) < 4.78 is 0. The van der Waals surface area contributed by atoms with Crippen LogP contribution in [0.5, 0.6) is 0 Å². The highest BCUT2D eigenvalue weighted by Crippen LogP contribution is 2.23. The monoisotopic (exact) mass is 262 g/mol. The summed E-state index contributed by atoms with van der Waals surface area (Å²) in [6.07, 6.45) is 3.11. The van der Waals surface area contributed by atoms with Gasteiger partial charge in [-0.15, -0.1) is 0 Å². The van der Waals surface area contributed by atoms with E-state index < -0.39 is 6.09 Å². The first-order valence-corrected chi connectivity index (χ1v) is 6.89. The van der Waals surface area contributed by atoms with Gasteiger partial charge < -0.3 is 10.4 Å². The summed E-state index contributed by atoms with van der Waals surface area (Å²) in [7, 11) is 2.16. The third-order valence-corrected chi connectivity index (χ3v) is 3.92. The Kier molecular flexibility index (Phi) is 4.80. The molecule has 1 aromatic rings. The van der Waals surface area contributed by atoms with Crippen molar-refractivity contribution in [3.8, 4) is 0 Å². The fourth-order valence-electron chi connectivity index (χ4n) is 2.84. The molecule has 0 saturated heterocycles. The molecular formula is C15H22N2O2. The molecule has 1 aliphatic rings. The Hall–Kier alpha value is -1.55. The Morgan fingerprint density at radius 2 is 1.89 bits per heavy atom. The topological polar surface area (TPSA) is 52.6 Å². The number of benzene rings is 1. The third-order valence-electron chi connectivity index (χ3n) is 3.92. The number of carboxylic acid groups (broad SMARTS) is 1. The highest BCUT2D eigenvalue weighted by Gasteiger charge is 2.24. The van der Waals surface area contributed by atoms with E-state index in [-0.39, 0.29) is 6.04 Å². The molecule has 1 aliphatic carbocycles. The average Bonchev–Trinajstić information content (AvgIpc) is 2.40. The Bertz CT molecular complexity index is 400. The molecule has 1 fully saturated rings. The first-order chi connectivity index (χ1) is 9.15. The van der Waals surface area contributed by atoms with Crippen molar-refractivity contribution in [1.29, 1.82) is 0 Å². The fraction of sp³-hybridized carbons (Fsp3) is 0.533. The van der Waals surface area contributed by atoms with E-state index in [9.17, 15) is 4.79 Å². The summed E-state index contributed by atoms with van der Waals surface area (Å²) in [5.41, 5.74) is 1.33. The van der Waals surface area contributed by atoms with Crippen LogP contribution in [0.15, 0.2) is 30.3 Å². The maximum Gasteiger partial charge on any atom is 0.404 e. The SMILES string of the molecule is CN(Cc1ccccc1)[C@H]1CC[C@H](NC(=O)O)CC1. The number of nitrogens with zero attached hydrogens (tertiary/aromatic N) is 1. The lowest BCUT2D eigenvalue weighted by molar-refractivity contribution is 0.156. The van der Waals surface area contributed by atoms with Crippen LogP contribution in [0.2, 0.25) is 0 Å². The van der Waals surface area contributed by atoms with E-state index in [2.05, 4.69) is 41.5 Å². The lowest BCUT2D eigenvalue weighted by Crippen LogP contribution is -2.42. The van der Waals surface area contributed by atoms with E-state index in [1.54, 1.807) is 0 Å². The normalized spacial score (nSPS) is 23.3. The van der Waals surface area contributed by atoms with Gasteiger partial charge in [-0.25, -0.2) is 4.79 Å². The quantitative estimate of drug-likeness (QED) is 0.877. The van der Waals surface area contributed by atoms with Crippen LogP contribution in [0.1, 0.15) is 31.2 Å². The Labute approximate surface area is 114 Å². The zero-order valence-electron chi connectivity index (χ0n) is 11.4. The van der Waals surface area contributed by atoms with Gasteiger partial charge in [-0.2, -0.15) is 0 Å². The van der Waals surface area contributed by atoms with Crippen molar-refractivity contribution < 1.29 is 9.90 Å². The largest absolute Gasteiger partial charge is 0.465 e. The Morgan fingerprint density at radius 3 is 2.47 bits per heavy atom. The lowest BCUT2D eigenvalue weighted by atomic mass is 9.90. The number of rotatable bonds is 4. The van der Waals surface area contributed by atoms with E-state index >= 15 is 0 Å². The molecule has 0 bridgehead atoms. The molecule has 0 aromatic heterocycles. The minimum absolute atomic E-state index is 0.138. The van der Waals surface area contributed by atoms with Crippen LogP contribution in [-0.4, -0.2) is 35.2 Å². The van der Waals surface area contributed by atoms with Crippen LogP contribution in [-0.2, 0) is 6.54 Å². The highest BCUT2D eigenvalue weighted by molar-refractivity contribution is 5.64. The number of nitrogens with one attached hydrogen (secondary N) is 1. The molecule has 0 radical (unpaired) electrons. The molecule has 4 nitrogen and oxygen atoms in total. The summed E-state index contributed by atoms with van der Waals surface area (Å²) in [5.74, 6) is 0. The van der Waals surface area contributed by atoms with Gasteiger partial charge in [0.2, 0.25) is 0 Å². The van der Waals surface area contributed by atoms with E-state index in [4.69, 9.17) is 5.11 Å². The molecule has 0 spiro atoms. The van der Waals surface area contributed by atoms with E-state index in [0.717, 1.165) is 32.2 Å². The summed E-state index contributed by atoms with van der Waals surface area (Å²) in [6, 6.07) is 11.2. The standard InChI is InChI=1S/C15H22N2O2/c1-17(11-12-5-3-2-4-6-12)14-9-7-13(8-10-14)16-15(18)19/h2-6,13-14,16H,7-11H2,1H3,(H,18,19)/t13-,14-. The van der Waals surface area contributed by atoms with Crippen LogP contribution < -0.4 is 5.32 Å². The molecule has 4 heteroatoms. The predicted molar refractivity (Wildman–Crippen MR) is 75.1 cm³/mol. The van der Waals surface area contributed by atoms with Gasteiger partial charge in [-0.3, -0.25) is 4.90 Å². The van der Waals surface area contributed by atoms with Crippen molar-refractivity contribution in [2.45, 2.75) is 44.3 Å². The van der Waals surface area contributed by atoms with Crippen molar-refractivity contribution in [3.05, 3.63) is 35.9 Å². The number of hydrogen-bond acceptors (Lipinski definition) is 2. The molecular weight excluding hydrogens is 240 g/mol. The van der Waals surface area contributed by atoms with Crippen LogP contribution in [0.3, 0.4) is 0 Å². The van der Waals surface area contributed by atoms with Gasteiger partial charge in [0.1, 0.15) is 0 Å². The molecule has 1 amide bonds. The second-order valence-corrected chi connectivity index (χ2v) is 5.36. The lowest BCUT2D eigenvalue weighted by Gasteiger charge is -2.34. The molecule has 2 rings (SSSR count). The summed E-state index contributed by atoms with van der Waals surface area (Å²) in [6.45, 7) is 0.961. The van der Waals surface area contributed by atoms with Crippen LogP contribution in [0, 0.1) is 0 Å². The zero-order chi connectivity index (χ0) is 13.7. The van der Waals surface area contributed by atoms with Gasteiger partial charge in [0.25, 0.3) is 0 Å². The molecule has 104 valence electrons. The van der Waals surface area contributed by atoms with Crippen molar-refractivity contribution in [3.63, 3.8) is 0 Å². The highest BCUT2D eigenvalue weighted by atomic mass is 16.4. The fourth-order valence-corrected chi connectivity index (χ4v) is 2.84. The van der Waals surface area contributed by atoms with Gasteiger partial charge in [-0.05, 0) is 38.3 Å². The van der Waals surface area contributed by atoms with Crippen LogP contribution >= 0.6 is 0 Å².